The van der Waals surface area contributed by atoms with E-state index in [-0.39, 0.29) is 35.1 Å². The van der Waals surface area contributed by atoms with Gasteiger partial charge in [0.15, 0.2) is 23.3 Å². The van der Waals surface area contributed by atoms with Crippen LogP contribution in [0.1, 0.15) is 27.6 Å². The second kappa shape index (κ2) is 22.2. The van der Waals surface area contributed by atoms with Crippen molar-refractivity contribution in [2.24, 2.45) is 0 Å². The van der Waals surface area contributed by atoms with Crippen molar-refractivity contribution < 1.29 is 48.2 Å². The van der Waals surface area contributed by atoms with E-state index in [9.17, 15) is 19.8 Å². The molecule has 8 rings (SSSR count). The van der Waals surface area contributed by atoms with Gasteiger partial charge in [0.25, 0.3) is 0 Å². The Morgan fingerprint density at radius 1 is 0.449 bits per heavy atom. The zero-order valence-electron chi connectivity index (χ0n) is 38.3. The number of phenolic OH excluding ortho intramolecular Hbond substituents is 2. The Balaban J connectivity index is 0.000000204. The minimum atomic E-state index is -0.453. The topological polar surface area (TPSA) is 231 Å². The van der Waals surface area contributed by atoms with Crippen LogP contribution in [-0.4, -0.2) is 94.2 Å². The first-order chi connectivity index (χ1) is 33.5. The highest BCUT2D eigenvalue weighted by Crippen LogP contribution is 2.35. The third-order valence-corrected chi connectivity index (χ3v) is 10.1. The molecule has 0 radical (unpaired) electrons. The molecule has 0 atom stereocenters. The molecule has 0 bridgehead atoms. The normalized spacial score (nSPS) is 10.5. The Hall–Kier alpha value is -9.32. The van der Waals surface area contributed by atoms with E-state index in [1.807, 2.05) is 48.5 Å². The number of aromatic hydroxyl groups is 2. The second-order valence-corrected chi connectivity index (χ2v) is 14.5. The third kappa shape index (κ3) is 11.9. The molecule has 0 saturated heterocycles. The van der Waals surface area contributed by atoms with Gasteiger partial charge in [0.1, 0.15) is 34.5 Å². The Morgan fingerprint density at radius 2 is 0.812 bits per heavy atom. The fourth-order valence-corrected chi connectivity index (χ4v) is 6.47. The lowest BCUT2D eigenvalue weighted by Crippen LogP contribution is -2.05. The fourth-order valence-electron chi connectivity index (χ4n) is 6.47. The van der Waals surface area contributed by atoms with Crippen molar-refractivity contribution in [1.82, 2.24) is 29.9 Å². The first kappa shape index (κ1) is 47.6. The van der Waals surface area contributed by atoms with E-state index in [0.717, 1.165) is 28.3 Å². The number of nitrogens with zero attached hydrogens (tertiary/aromatic N) is 6. The van der Waals surface area contributed by atoms with Crippen molar-refractivity contribution in [1.29, 1.82) is 0 Å². The number of carbonyl (C=O) groups excluding carboxylic acids is 2. The summed E-state index contributed by atoms with van der Waals surface area (Å²) >= 11 is 0. The highest BCUT2D eigenvalue weighted by atomic mass is 16.5. The summed E-state index contributed by atoms with van der Waals surface area (Å²) in [6.45, 7) is 2.10. The molecular weight excluding hydrogens is 885 g/mol. The number of carbonyl (C=O) groups is 2. The summed E-state index contributed by atoms with van der Waals surface area (Å²) in [6, 6.07) is 37.9. The number of esters is 2. The van der Waals surface area contributed by atoms with Crippen molar-refractivity contribution in [2.75, 3.05) is 52.8 Å². The van der Waals surface area contributed by atoms with E-state index >= 15 is 0 Å². The fraction of sp³-hybridized carbons (Fsp3) is 0.137. The van der Waals surface area contributed by atoms with Gasteiger partial charge in [-0.25, -0.2) is 19.6 Å². The van der Waals surface area contributed by atoms with Gasteiger partial charge in [-0.2, -0.15) is 19.9 Å². The number of aromatic nitrogens is 6. The molecule has 18 nitrogen and oxygen atoms in total. The van der Waals surface area contributed by atoms with Gasteiger partial charge in [-0.3, -0.25) is 0 Å². The zero-order chi connectivity index (χ0) is 48.9. The van der Waals surface area contributed by atoms with Gasteiger partial charge in [-0.05, 0) is 128 Å². The lowest BCUT2D eigenvalue weighted by atomic mass is 10.1. The first-order valence-electron chi connectivity index (χ1n) is 21.1. The van der Waals surface area contributed by atoms with Gasteiger partial charge in [-0.15, -0.1) is 0 Å². The van der Waals surface area contributed by atoms with Crippen molar-refractivity contribution in [3.63, 3.8) is 0 Å². The van der Waals surface area contributed by atoms with Crippen LogP contribution in [0.3, 0.4) is 0 Å². The predicted molar refractivity (Wildman–Crippen MR) is 258 cm³/mol. The van der Waals surface area contributed by atoms with E-state index in [1.54, 1.807) is 93.9 Å². The Labute approximate surface area is 396 Å². The van der Waals surface area contributed by atoms with Gasteiger partial charge in [0.05, 0.1) is 64.4 Å². The van der Waals surface area contributed by atoms with Crippen molar-refractivity contribution in [2.45, 2.75) is 6.92 Å². The third-order valence-electron chi connectivity index (χ3n) is 10.1. The molecule has 350 valence electrons. The van der Waals surface area contributed by atoms with Crippen LogP contribution < -0.4 is 29.6 Å². The van der Waals surface area contributed by atoms with Gasteiger partial charge in [0.2, 0.25) is 11.9 Å². The molecule has 0 fully saturated rings. The molecule has 0 unspecified atom stereocenters. The summed E-state index contributed by atoms with van der Waals surface area (Å²) in [6.07, 6.45) is 0. The number of nitrogens with one attached hydrogen (secondary N) is 2. The molecule has 8 aromatic rings. The predicted octanol–water partition coefficient (Wildman–Crippen LogP) is 9.31. The Bertz CT molecular complexity index is 2910. The van der Waals surface area contributed by atoms with Crippen LogP contribution >= 0.6 is 0 Å². The molecule has 69 heavy (non-hydrogen) atoms. The number of anilines is 4. The van der Waals surface area contributed by atoms with Gasteiger partial charge >= 0.3 is 11.9 Å². The number of hydrogen-bond acceptors (Lipinski definition) is 18. The van der Waals surface area contributed by atoms with E-state index in [2.05, 4.69) is 40.5 Å². The van der Waals surface area contributed by atoms with Crippen LogP contribution in [0.5, 0.6) is 34.5 Å². The van der Waals surface area contributed by atoms with Crippen LogP contribution in [0, 0.1) is 0 Å². The lowest BCUT2D eigenvalue weighted by Gasteiger charge is -2.12. The SMILES string of the molecule is CCOC(=O)c1ccc(Nc2nc(-c3ccc(OC)cc3)nc(-c3ccc(OC)cc3)n2)cc1.COC(=O)c1ccc(Nc2nc(-c3ccc(OC)cc3O)nc(-c3ccc(OC)cc3O)n2)cc1. The Morgan fingerprint density at radius 3 is 1.17 bits per heavy atom. The van der Waals surface area contributed by atoms with E-state index in [1.165, 1.54) is 33.5 Å². The van der Waals surface area contributed by atoms with Crippen molar-refractivity contribution in [3.05, 3.63) is 145 Å². The highest BCUT2D eigenvalue weighted by molar-refractivity contribution is 5.90. The molecule has 0 spiro atoms. The maximum absolute atomic E-state index is 11.9. The maximum Gasteiger partial charge on any atom is 0.338 e. The average Bonchev–Trinajstić information content (AvgIpc) is 3.38. The largest absolute Gasteiger partial charge is 0.507 e. The molecule has 4 N–H and O–H groups in total. The summed E-state index contributed by atoms with van der Waals surface area (Å²) in [5, 5.41) is 27.3. The number of rotatable bonds is 15. The number of ether oxygens (including phenoxy) is 6. The molecule has 0 saturated carbocycles. The smallest absolute Gasteiger partial charge is 0.338 e. The minimum absolute atomic E-state index is 0.0890. The second-order valence-electron chi connectivity index (χ2n) is 14.5. The van der Waals surface area contributed by atoms with Crippen LogP contribution in [0.15, 0.2) is 133 Å². The maximum atomic E-state index is 11.9. The highest BCUT2D eigenvalue weighted by Gasteiger charge is 2.18. The summed E-state index contributed by atoms with van der Waals surface area (Å²) in [7, 11) is 7.54. The molecule has 0 aliphatic rings. The number of methoxy groups -OCH3 is 5. The van der Waals surface area contributed by atoms with Gasteiger partial charge in [0, 0.05) is 34.6 Å². The van der Waals surface area contributed by atoms with E-state index in [4.69, 9.17) is 28.4 Å². The van der Waals surface area contributed by atoms with Crippen LogP contribution in [0.2, 0.25) is 0 Å². The van der Waals surface area contributed by atoms with Crippen LogP contribution in [-0.2, 0) is 9.47 Å². The average molecular weight is 931 g/mol. The number of benzene rings is 6. The molecule has 0 amide bonds. The molecular formula is C51H46N8O10. The summed E-state index contributed by atoms with van der Waals surface area (Å²) in [5.74, 6) is 3.31. The van der Waals surface area contributed by atoms with Crippen LogP contribution in [0.25, 0.3) is 45.6 Å². The Kier molecular flexibility index (Phi) is 15.4. The molecule has 0 aliphatic heterocycles. The zero-order valence-corrected chi connectivity index (χ0v) is 38.3. The van der Waals surface area contributed by atoms with Crippen molar-refractivity contribution >= 4 is 35.2 Å². The van der Waals surface area contributed by atoms with E-state index < -0.39 is 5.97 Å². The van der Waals surface area contributed by atoms with Gasteiger partial charge in [-0.1, -0.05) is 0 Å². The van der Waals surface area contributed by atoms with Crippen molar-refractivity contribution in [3.8, 4) is 80.0 Å². The molecule has 6 aromatic carbocycles. The minimum Gasteiger partial charge on any atom is -0.507 e. The number of phenols is 2. The molecule has 2 heterocycles. The summed E-state index contributed by atoms with van der Waals surface area (Å²) in [4.78, 5) is 50.9. The quantitative estimate of drug-likeness (QED) is 0.0701. The van der Waals surface area contributed by atoms with Gasteiger partial charge < -0.3 is 49.3 Å². The lowest BCUT2D eigenvalue weighted by molar-refractivity contribution is 0.0525. The summed E-state index contributed by atoms with van der Waals surface area (Å²) in [5.41, 5.74) is 4.50. The summed E-state index contributed by atoms with van der Waals surface area (Å²) < 4.78 is 30.6. The molecule has 2 aromatic heterocycles. The van der Waals surface area contributed by atoms with Crippen LogP contribution in [0.4, 0.5) is 23.3 Å². The molecule has 0 aliphatic carbocycles. The number of hydrogen-bond donors (Lipinski definition) is 4. The monoisotopic (exact) mass is 930 g/mol. The first-order valence-corrected chi connectivity index (χ1v) is 21.1. The van der Waals surface area contributed by atoms with E-state index in [0.29, 0.717) is 63.6 Å². The standard InChI is InChI=1S/C26H24N4O4.C25H22N4O6/c1-4-34-25(31)19-5-11-20(12-6-19)27-26-29-23(17-7-13-21(32-2)14-8-17)28-24(30-26)18-9-15-22(33-3)16-10-18;1-33-16-8-10-18(20(30)12-16)22-27-23(19-11-9-17(34-2)13-21(19)31)29-25(28-22)26-15-6-4-14(5-7-15)24(32)35-3/h5-16H,4H2,1-3H3,(H,27,28,29,30);4-13,30-31H,1-3H3,(H,26,27,28,29). The molecule has 18 heteroatoms.